The smallest absolute Gasteiger partial charge is 0.303 e. The zero-order valence-electron chi connectivity index (χ0n) is 11.9. The third-order valence-corrected chi connectivity index (χ3v) is 2.95. The molecule has 0 aliphatic carbocycles. The van der Waals surface area contributed by atoms with Crippen LogP contribution in [0.15, 0.2) is 24.3 Å². The molecule has 0 bridgehead atoms. The molecule has 5 nitrogen and oxygen atoms in total. The lowest BCUT2D eigenvalue weighted by Crippen LogP contribution is -2.29. The normalized spacial score (nSPS) is 11.7. The number of aliphatic carboxylic acids is 1. The van der Waals surface area contributed by atoms with Crippen LogP contribution < -0.4 is 10.1 Å². The number of carbonyl (C=O) groups is 2. The molecule has 0 aliphatic rings. The molecule has 1 aromatic carbocycles. The minimum absolute atomic E-state index is 0.0618. The summed E-state index contributed by atoms with van der Waals surface area (Å²) in [5.41, 5.74) is 1.04. The second-order valence-electron chi connectivity index (χ2n) is 4.86. The SMILES string of the molecule is COc1cccc(CCC(=O)NCC(C)CC(=O)O)c1. The molecule has 1 rings (SSSR count). The number of hydrogen-bond acceptors (Lipinski definition) is 3. The van der Waals surface area contributed by atoms with Gasteiger partial charge in [-0.1, -0.05) is 19.1 Å². The van der Waals surface area contributed by atoms with Gasteiger partial charge in [0.2, 0.25) is 5.91 Å². The highest BCUT2D eigenvalue weighted by molar-refractivity contribution is 5.76. The van der Waals surface area contributed by atoms with Crippen molar-refractivity contribution >= 4 is 11.9 Å². The van der Waals surface area contributed by atoms with Gasteiger partial charge in [0.15, 0.2) is 0 Å². The number of aryl methyl sites for hydroxylation is 1. The van der Waals surface area contributed by atoms with Crippen molar-refractivity contribution in [1.82, 2.24) is 5.32 Å². The van der Waals surface area contributed by atoms with Crippen molar-refractivity contribution in [3.63, 3.8) is 0 Å². The Morgan fingerprint density at radius 2 is 2.15 bits per heavy atom. The molecular weight excluding hydrogens is 258 g/mol. The molecule has 0 aliphatic heterocycles. The minimum Gasteiger partial charge on any atom is -0.497 e. The monoisotopic (exact) mass is 279 g/mol. The van der Waals surface area contributed by atoms with Crippen LogP contribution in [0.2, 0.25) is 0 Å². The fourth-order valence-electron chi connectivity index (χ4n) is 1.83. The number of nitrogens with one attached hydrogen (secondary N) is 1. The molecular formula is C15H21NO4. The second-order valence-corrected chi connectivity index (χ2v) is 4.86. The highest BCUT2D eigenvalue weighted by Crippen LogP contribution is 2.13. The van der Waals surface area contributed by atoms with Gasteiger partial charge >= 0.3 is 5.97 Å². The van der Waals surface area contributed by atoms with Crippen molar-refractivity contribution in [2.75, 3.05) is 13.7 Å². The van der Waals surface area contributed by atoms with Gasteiger partial charge in [0.25, 0.3) is 0 Å². The van der Waals surface area contributed by atoms with Crippen LogP contribution in [0.1, 0.15) is 25.3 Å². The van der Waals surface area contributed by atoms with E-state index in [2.05, 4.69) is 5.32 Å². The first-order valence-electron chi connectivity index (χ1n) is 6.62. The summed E-state index contributed by atoms with van der Waals surface area (Å²) in [4.78, 5) is 22.2. The lowest BCUT2D eigenvalue weighted by molar-refractivity contribution is -0.138. The van der Waals surface area contributed by atoms with Crippen molar-refractivity contribution < 1.29 is 19.4 Å². The molecule has 1 aromatic rings. The summed E-state index contributed by atoms with van der Waals surface area (Å²) in [6.45, 7) is 2.19. The van der Waals surface area contributed by atoms with Crippen LogP contribution in [0.3, 0.4) is 0 Å². The van der Waals surface area contributed by atoms with Gasteiger partial charge in [-0.3, -0.25) is 9.59 Å². The molecule has 20 heavy (non-hydrogen) atoms. The minimum atomic E-state index is -0.844. The van der Waals surface area contributed by atoms with E-state index in [1.807, 2.05) is 24.3 Å². The van der Waals surface area contributed by atoms with Crippen molar-refractivity contribution in [3.05, 3.63) is 29.8 Å². The van der Waals surface area contributed by atoms with E-state index >= 15 is 0 Å². The summed E-state index contributed by atoms with van der Waals surface area (Å²) in [6, 6.07) is 7.60. The molecule has 1 unspecified atom stereocenters. The van der Waals surface area contributed by atoms with Crippen LogP contribution in [-0.4, -0.2) is 30.6 Å². The van der Waals surface area contributed by atoms with Crippen LogP contribution in [0.25, 0.3) is 0 Å². The van der Waals surface area contributed by atoms with Crippen molar-refractivity contribution in [2.24, 2.45) is 5.92 Å². The summed E-state index contributed by atoms with van der Waals surface area (Å²) in [5, 5.41) is 11.4. The molecule has 0 saturated heterocycles. The van der Waals surface area contributed by atoms with E-state index in [0.29, 0.717) is 19.4 Å². The number of carbonyl (C=O) groups excluding carboxylic acids is 1. The van der Waals surface area contributed by atoms with Crippen LogP contribution in [0, 0.1) is 5.92 Å². The molecule has 0 saturated carbocycles. The fourth-order valence-corrected chi connectivity index (χ4v) is 1.83. The van der Waals surface area contributed by atoms with E-state index in [-0.39, 0.29) is 18.2 Å². The van der Waals surface area contributed by atoms with E-state index < -0.39 is 5.97 Å². The van der Waals surface area contributed by atoms with Crippen LogP contribution in [0.4, 0.5) is 0 Å². The summed E-state index contributed by atoms with van der Waals surface area (Å²) in [7, 11) is 1.61. The number of rotatable bonds is 8. The fraction of sp³-hybridized carbons (Fsp3) is 0.467. The lowest BCUT2D eigenvalue weighted by Gasteiger charge is -2.10. The molecule has 2 N–H and O–H groups in total. The van der Waals surface area contributed by atoms with Gasteiger partial charge in [-0.05, 0) is 30.0 Å². The zero-order valence-corrected chi connectivity index (χ0v) is 11.9. The van der Waals surface area contributed by atoms with Crippen molar-refractivity contribution in [2.45, 2.75) is 26.2 Å². The maximum atomic E-state index is 11.7. The number of methoxy groups -OCH3 is 1. The van der Waals surface area contributed by atoms with Crippen molar-refractivity contribution in [1.29, 1.82) is 0 Å². The van der Waals surface area contributed by atoms with Gasteiger partial charge < -0.3 is 15.2 Å². The zero-order chi connectivity index (χ0) is 15.0. The standard InChI is InChI=1S/C15H21NO4/c1-11(8-15(18)19)10-16-14(17)7-6-12-4-3-5-13(9-12)20-2/h3-5,9,11H,6-8,10H2,1-2H3,(H,16,17)(H,18,19). The highest BCUT2D eigenvalue weighted by Gasteiger charge is 2.09. The average molecular weight is 279 g/mol. The topological polar surface area (TPSA) is 75.6 Å². The van der Waals surface area contributed by atoms with Gasteiger partial charge in [0.1, 0.15) is 5.75 Å². The Morgan fingerprint density at radius 3 is 2.80 bits per heavy atom. The van der Waals surface area contributed by atoms with E-state index in [0.717, 1.165) is 11.3 Å². The summed E-state index contributed by atoms with van der Waals surface area (Å²) in [6.07, 6.45) is 1.08. The Kier molecular flexibility index (Phi) is 6.56. The number of ether oxygens (including phenoxy) is 1. The Balaban J connectivity index is 2.30. The number of amides is 1. The van der Waals surface area contributed by atoms with Gasteiger partial charge in [0.05, 0.1) is 7.11 Å². The molecule has 0 spiro atoms. The maximum absolute atomic E-state index is 11.7. The average Bonchev–Trinajstić information content (AvgIpc) is 2.42. The third-order valence-electron chi connectivity index (χ3n) is 2.95. The van der Waals surface area contributed by atoms with E-state index in [4.69, 9.17) is 9.84 Å². The van der Waals surface area contributed by atoms with Crippen LogP contribution in [0.5, 0.6) is 5.75 Å². The van der Waals surface area contributed by atoms with E-state index in [9.17, 15) is 9.59 Å². The Hall–Kier alpha value is -2.04. The summed E-state index contributed by atoms with van der Waals surface area (Å²) in [5.74, 6) is -0.195. The predicted octanol–water partition coefficient (Wildman–Crippen LogP) is 1.85. The first kappa shape index (κ1) is 16.0. The maximum Gasteiger partial charge on any atom is 0.303 e. The molecule has 5 heteroatoms. The number of carboxylic acid groups (broad SMARTS) is 1. The van der Waals surface area contributed by atoms with Crippen LogP contribution in [-0.2, 0) is 16.0 Å². The molecule has 110 valence electrons. The first-order valence-corrected chi connectivity index (χ1v) is 6.62. The number of hydrogen-bond donors (Lipinski definition) is 2. The second kappa shape index (κ2) is 8.19. The Morgan fingerprint density at radius 1 is 1.40 bits per heavy atom. The number of benzene rings is 1. The quantitative estimate of drug-likeness (QED) is 0.761. The molecule has 0 fully saturated rings. The van der Waals surface area contributed by atoms with Crippen molar-refractivity contribution in [3.8, 4) is 5.75 Å². The lowest BCUT2D eigenvalue weighted by atomic mass is 10.1. The van der Waals surface area contributed by atoms with Crippen LogP contribution >= 0.6 is 0 Å². The Labute approximate surface area is 118 Å². The third kappa shape index (κ3) is 6.22. The molecule has 0 aromatic heterocycles. The van der Waals surface area contributed by atoms with E-state index in [1.165, 1.54) is 0 Å². The van der Waals surface area contributed by atoms with Gasteiger partial charge in [-0.15, -0.1) is 0 Å². The molecule has 0 radical (unpaired) electrons. The first-order chi connectivity index (χ1) is 9.51. The molecule has 1 atom stereocenters. The summed E-state index contributed by atoms with van der Waals surface area (Å²) < 4.78 is 5.12. The Bertz CT molecular complexity index is 459. The largest absolute Gasteiger partial charge is 0.497 e. The highest BCUT2D eigenvalue weighted by atomic mass is 16.5. The van der Waals surface area contributed by atoms with Gasteiger partial charge in [-0.25, -0.2) is 0 Å². The molecule has 1 amide bonds. The molecule has 0 heterocycles. The van der Waals surface area contributed by atoms with E-state index in [1.54, 1.807) is 14.0 Å². The van der Waals surface area contributed by atoms with Gasteiger partial charge in [0, 0.05) is 19.4 Å². The summed E-state index contributed by atoms with van der Waals surface area (Å²) >= 11 is 0. The predicted molar refractivity (Wildman–Crippen MR) is 75.7 cm³/mol. The number of carboxylic acids is 1. The van der Waals surface area contributed by atoms with Gasteiger partial charge in [-0.2, -0.15) is 0 Å².